The molecule has 320 valence electrons. The van der Waals surface area contributed by atoms with Gasteiger partial charge < -0.3 is 15.0 Å². The van der Waals surface area contributed by atoms with Crippen molar-refractivity contribution in [3.8, 4) is 0 Å². The van der Waals surface area contributed by atoms with Crippen LogP contribution in [-0.2, 0) is 10.9 Å². The van der Waals surface area contributed by atoms with E-state index in [1.54, 1.807) is 16.0 Å². The minimum Gasteiger partial charge on any atom is -0.565 e. The van der Waals surface area contributed by atoms with Gasteiger partial charge in [0.05, 0.1) is 0 Å². The first-order valence-electron chi connectivity index (χ1n) is 25.1. The Morgan fingerprint density at radius 3 is 0.898 bits per heavy atom. The fourth-order valence-electron chi connectivity index (χ4n) is 13.0. The van der Waals surface area contributed by atoms with Gasteiger partial charge in [0.2, 0.25) is 6.16 Å². The molecular weight excluding hydrogens is 741 g/mol. The molecule has 3 aromatic carbocycles. The Labute approximate surface area is 361 Å². The van der Waals surface area contributed by atoms with Gasteiger partial charge in [0.25, 0.3) is 0 Å². The Hall–Kier alpha value is -2.72. The molecule has 0 bridgehead atoms. The van der Waals surface area contributed by atoms with E-state index in [0.717, 1.165) is 35.5 Å². The van der Waals surface area contributed by atoms with Crippen LogP contribution in [0.1, 0.15) is 262 Å². The van der Waals surface area contributed by atoms with Gasteiger partial charge in [0, 0.05) is 22.3 Å². The second-order valence-electron chi connectivity index (χ2n) is 20.0. The average Bonchev–Trinajstić information content (AvgIpc) is 3.31. The van der Waals surface area contributed by atoms with E-state index in [4.69, 9.17) is 15.0 Å². The molecule has 6 saturated carbocycles. The van der Waals surface area contributed by atoms with Gasteiger partial charge in [-0.05, 0) is 136 Å². The average molecular weight is 817 g/mol. The van der Waals surface area contributed by atoms with E-state index in [1.807, 2.05) is 32.0 Å². The predicted molar refractivity (Wildman–Crippen MR) is 244 cm³/mol. The number of hydrogen-bond donors (Lipinski definition) is 1. The van der Waals surface area contributed by atoms with Gasteiger partial charge in [0.1, 0.15) is 10.9 Å². The maximum atomic E-state index is 8.44. The fourth-order valence-corrected chi connectivity index (χ4v) is 15.9. The Morgan fingerprint density at radius 2 is 0.644 bits per heavy atom. The zero-order valence-electron chi connectivity index (χ0n) is 36.5. The molecule has 0 amide bonds. The van der Waals surface area contributed by atoms with E-state index < -0.39 is 6.16 Å². The predicted octanol–water partition coefficient (Wildman–Crippen LogP) is 16.0. The normalized spacial score (nSPS) is 22.5. The topological polar surface area (TPSA) is 60.4 Å². The lowest BCUT2D eigenvalue weighted by molar-refractivity contribution is -0.275. The molecule has 0 heterocycles. The van der Waals surface area contributed by atoms with E-state index in [0.29, 0.717) is 0 Å². The first-order valence-corrected chi connectivity index (χ1v) is 26.3. The molecule has 0 unspecified atom stereocenters. The number of carboxylic acid groups (broad SMARTS) is 2. The zero-order valence-corrected chi connectivity index (χ0v) is 37.4. The SMILES string of the molecule is O=C([O-])O.c1ccc([S+](c2c(C3CCCCC3)cc(C3CCCCC3)cc2C2CCCCC2)c2c(C3CCCCC3)cc(C3CCCCC3)cc2C2CCCCC2)cc1. The summed E-state index contributed by atoms with van der Waals surface area (Å²) >= 11 is 0. The smallest absolute Gasteiger partial charge is 0.249 e. The number of carbonyl (C=O) groups is 1. The summed E-state index contributed by atoms with van der Waals surface area (Å²) in [5.41, 5.74) is 10.9. The van der Waals surface area contributed by atoms with Crippen LogP contribution in [-0.4, -0.2) is 11.3 Å². The molecule has 0 radical (unpaired) electrons. The molecule has 6 fully saturated rings. The van der Waals surface area contributed by atoms with E-state index in [9.17, 15) is 0 Å². The first kappa shape index (κ1) is 42.9. The molecule has 6 aliphatic carbocycles. The molecule has 0 saturated heterocycles. The lowest BCUT2D eigenvalue weighted by atomic mass is 9.76. The van der Waals surface area contributed by atoms with Crippen LogP contribution in [0.15, 0.2) is 69.3 Å². The van der Waals surface area contributed by atoms with Gasteiger partial charge >= 0.3 is 0 Å². The summed E-state index contributed by atoms with van der Waals surface area (Å²) < 4.78 is 0. The van der Waals surface area contributed by atoms with Crippen molar-refractivity contribution in [3.05, 3.63) is 88.0 Å². The highest BCUT2D eigenvalue weighted by molar-refractivity contribution is 7.97. The largest absolute Gasteiger partial charge is 0.565 e. The van der Waals surface area contributed by atoms with Crippen LogP contribution in [0.2, 0.25) is 0 Å². The summed E-state index contributed by atoms with van der Waals surface area (Å²) in [7, 11) is -0.0940. The van der Waals surface area contributed by atoms with E-state index in [2.05, 4.69) is 54.6 Å². The molecule has 0 aliphatic heterocycles. The van der Waals surface area contributed by atoms with Crippen molar-refractivity contribution in [2.24, 2.45) is 0 Å². The summed E-state index contributed by atoms with van der Waals surface area (Å²) in [5.74, 6) is 4.46. The van der Waals surface area contributed by atoms with Crippen molar-refractivity contribution in [2.75, 3.05) is 0 Å². The lowest BCUT2D eigenvalue weighted by Crippen LogP contribution is -2.23. The third-order valence-corrected chi connectivity index (χ3v) is 18.6. The number of rotatable bonds is 9. The minimum absolute atomic E-state index is 0.0940. The molecule has 0 atom stereocenters. The second kappa shape index (κ2) is 21.4. The number of benzene rings is 3. The Kier molecular flexibility index (Phi) is 15.6. The monoisotopic (exact) mass is 817 g/mol. The summed E-state index contributed by atoms with van der Waals surface area (Å²) in [6, 6.07) is 23.9. The highest BCUT2D eigenvalue weighted by Crippen LogP contribution is 2.54. The van der Waals surface area contributed by atoms with Crippen molar-refractivity contribution < 1.29 is 15.0 Å². The summed E-state index contributed by atoms with van der Waals surface area (Å²) in [6.07, 6.45) is 40.6. The van der Waals surface area contributed by atoms with Crippen molar-refractivity contribution in [2.45, 2.75) is 243 Å². The van der Waals surface area contributed by atoms with Gasteiger partial charge in [-0.3, -0.25) is 0 Å². The summed E-state index contributed by atoms with van der Waals surface area (Å²) in [4.78, 5) is 13.8. The molecule has 3 aromatic rings. The van der Waals surface area contributed by atoms with Crippen LogP contribution in [0.3, 0.4) is 0 Å². The van der Waals surface area contributed by atoms with Crippen molar-refractivity contribution in [3.63, 3.8) is 0 Å². The molecule has 4 heteroatoms. The van der Waals surface area contributed by atoms with Crippen molar-refractivity contribution in [1.82, 2.24) is 0 Å². The summed E-state index contributed by atoms with van der Waals surface area (Å²) in [5, 5.41) is 15.3. The molecule has 6 aliphatic rings. The Balaban J connectivity index is 0.00000116. The van der Waals surface area contributed by atoms with Crippen LogP contribution in [0.25, 0.3) is 0 Å². The third kappa shape index (κ3) is 10.7. The maximum absolute atomic E-state index is 8.44. The molecule has 0 spiro atoms. The van der Waals surface area contributed by atoms with Gasteiger partial charge in [-0.1, -0.05) is 158 Å². The van der Waals surface area contributed by atoms with Crippen molar-refractivity contribution >= 4 is 17.1 Å². The van der Waals surface area contributed by atoms with Crippen LogP contribution in [0.4, 0.5) is 4.79 Å². The summed E-state index contributed by atoms with van der Waals surface area (Å²) in [6.45, 7) is 0. The van der Waals surface area contributed by atoms with Crippen LogP contribution in [0.5, 0.6) is 0 Å². The van der Waals surface area contributed by atoms with Crippen LogP contribution in [0, 0.1) is 0 Å². The van der Waals surface area contributed by atoms with Gasteiger partial charge in [-0.25, -0.2) is 0 Å². The maximum Gasteiger partial charge on any atom is 0.249 e. The molecule has 59 heavy (non-hydrogen) atoms. The van der Waals surface area contributed by atoms with Crippen molar-refractivity contribution in [1.29, 1.82) is 0 Å². The van der Waals surface area contributed by atoms with E-state index in [-0.39, 0.29) is 10.9 Å². The fraction of sp³-hybridized carbons (Fsp3) is 0.655. The van der Waals surface area contributed by atoms with Crippen LogP contribution < -0.4 is 5.11 Å². The highest BCUT2D eigenvalue weighted by atomic mass is 32.2. The van der Waals surface area contributed by atoms with E-state index in [1.165, 1.54) is 193 Å². The van der Waals surface area contributed by atoms with Gasteiger partial charge in [-0.2, -0.15) is 0 Å². The third-order valence-electron chi connectivity index (χ3n) is 16.1. The standard InChI is InChI=1S/C54H75S.CH2O3/c1-8-22-40(23-9-1)46-36-49(42-26-12-3-13-27-42)53(50(37-46)43-28-14-4-15-29-43)55(48-34-20-7-21-35-48)54-51(44-30-16-5-17-31-44)38-47(41-24-10-2-11-25-41)39-52(54)45-32-18-6-19-33-45;2-1(3)4/h7,20-21,34-45H,1-6,8-19,22-33H2;(H2,2,3,4)/q+1;/p-1. The Morgan fingerprint density at radius 1 is 0.407 bits per heavy atom. The first-order chi connectivity index (χ1) is 29.0. The molecule has 3 nitrogen and oxygen atoms in total. The molecule has 0 aromatic heterocycles. The van der Waals surface area contributed by atoms with Crippen LogP contribution >= 0.6 is 0 Å². The van der Waals surface area contributed by atoms with E-state index >= 15 is 0 Å². The highest BCUT2D eigenvalue weighted by Gasteiger charge is 2.44. The lowest BCUT2D eigenvalue weighted by Gasteiger charge is -2.34. The molecule has 1 N–H and O–H groups in total. The Bertz CT molecular complexity index is 1580. The second-order valence-corrected chi connectivity index (χ2v) is 21.9. The quantitative estimate of drug-likeness (QED) is 0.219. The van der Waals surface area contributed by atoms with Gasteiger partial charge in [-0.15, -0.1) is 0 Å². The van der Waals surface area contributed by atoms with Gasteiger partial charge in [0.15, 0.2) is 14.7 Å². The number of hydrogen-bond acceptors (Lipinski definition) is 2. The molecule has 9 rings (SSSR count). The minimum atomic E-state index is -2.08. The zero-order chi connectivity index (χ0) is 40.4. The molecular formula is C55H76O3S.